The van der Waals surface area contributed by atoms with Crippen molar-refractivity contribution in [3.8, 4) is 11.8 Å². The van der Waals surface area contributed by atoms with Crippen LogP contribution in [-0.2, 0) is 13.6 Å². The molecule has 0 fully saturated rings. The quantitative estimate of drug-likeness (QED) is 0.840. The smallest absolute Gasteiger partial charge is 0.255 e. The Morgan fingerprint density at radius 3 is 2.90 bits per heavy atom. The van der Waals surface area contributed by atoms with Crippen molar-refractivity contribution in [2.45, 2.75) is 20.4 Å². The Balaban J connectivity index is 2.02. The van der Waals surface area contributed by atoms with Gasteiger partial charge in [-0.05, 0) is 19.9 Å². The number of hydrogen-bond acceptors (Lipinski definition) is 4. The second kappa shape index (κ2) is 6.57. The number of thiophene rings is 1. The third kappa shape index (κ3) is 3.51. The highest BCUT2D eigenvalue weighted by molar-refractivity contribution is 7.10. The predicted octanol–water partition coefficient (Wildman–Crippen LogP) is 1.34. The van der Waals surface area contributed by atoms with E-state index in [1.54, 1.807) is 16.0 Å². The molecular formula is C15H18N4OS. The van der Waals surface area contributed by atoms with Crippen LogP contribution in [-0.4, -0.2) is 22.2 Å². The van der Waals surface area contributed by atoms with Crippen molar-refractivity contribution in [3.05, 3.63) is 38.8 Å². The molecule has 2 heterocycles. The van der Waals surface area contributed by atoms with Crippen LogP contribution in [0.4, 0.5) is 0 Å². The van der Waals surface area contributed by atoms with Gasteiger partial charge in [0, 0.05) is 28.6 Å². The summed E-state index contributed by atoms with van der Waals surface area (Å²) in [6.07, 6.45) is 0. The lowest BCUT2D eigenvalue weighted by molar-refractivity contribution is 0.0950. The molecule has 0 unspecified atom stereocenters. The van der Waals surface area contributed by atoms with E-state index in [9.17, 15) is 4.79 Å². The fourth-order valence-electron chi connectivity index (χ4n) is 2.05. The molecule has 1 amide bonds. The Bertz CT molecular complexity index is 718. The lowest BCUT2D eigenvalue weighted by Crippen LogP contribution is -2.23. The molecule has 110 valence electrons. The Hall–Kier alpha value is -2.10. The van der Waals surface area contributed by atoms with Crippen LogP contribution in [0.5, 0.6) is 0 Å². The zero-order valence-corrected chi connectivity index (χ0v) is 13.2. The van der Waals surface area contributed by atoms with Crippen molar-refractivity contribution < 1.29 is 4.79 Å². The molecule has 21 heavy (non-hydrogen) atoms. The summed E-state index contributed by atoms with van der Waals surface area (Å²) in [4.78, 5) is 13.3. The van der Waals surface area contributed by atoms with Crippen molar-refractivity contribution in [1.82, 2.24) is 15.1 Å². The molecule has 3 N–H and O–H groups in total. The zero-order chi connectivity index (χ0) is 15.4. The summed E-state index contributed by atoms with van der Waals surface area (Å²) in [5.74, 6) is 5.69. The fourth-order valence-corrected chi connectivity index (χ4v) is 2.81. The van der Waals surface area contributed by atoms with E-state index in [-0.39, 0.29) is 5.91 Å². The topological polar surface area (TPSA) is 72.9 Å². The highest BCUT2D eigenvalue weighted by Crippen LogP contribution is 2.15. The molecule has 2 rings (SSSR count). The monoisotopic (exact) mass is 302 g/mol. The first-order chi connectivity index (χ1) is 10.0. The summed E-state index contributed by atoms with van der Waals surface area (Å²) >= 11 is 1.57. The number of carbonyl (C=O) groups is 1. The van der Waals surface area contributed by atoms with Crippen molar-refractivity contribution in [2.24, 2.45) is 12.8 Å². The number of aromatic nitrogens is 2. The molecule has 0 spiro atoms. The first-order valence-corrected chi connectivity index (χ1v) is 7.45. The van der Waals surface area contributed by atoms with Crippen LogP contribution in [0.15, 0.2) is 11.4 Å². The molecule has 0 bridgehead atoms. The average molecular weight is 302 g/mol. The van der Waals surface area contributed by atoms with Gasteiger partial charge in [-0.15, -0.1) is 11.3 Å². The summed E-state index contributed by atoms with van der Waals surface area (Å²) < 4.78 is 1.72. The number of nitrogens with one attached hydrogen (secondary N) is 1. The van der Waals surface area contributed by atoms with Gasteiger partial charge in [0.25, 0.3) is 5.91 Å². The summed E-state index contributed by atoms with van der Waals surface area (Å²) in [6.45, 7) is 4.57. The van der Waals surface area contributed by atoms with Crippen molar-refractivity contribution in [3.63, 3.8) is 0 Å². The molecule has 0 aliphatic rings. The van der Waals surface area contributed by atoms with Crippen molar-refractivity contribution in [2.75, 3.05) is 6.54 Å². The molecule has 0 aliphatic heterocycles. The normalized spacial score (nSPS) is 10.1. The van der Waals surface area contributed by atoms with Gasteiger partial charge in [0.2, 0.25) is 0 Å². The van der Waals surface area contributed by atoms with E-state index in [0.29, 0.717) is 18.7 Å². The van der Waals surface area contributed by atoms with Crippen LogP contribution in [0.3, 0.4) is 0 Å². The lowest BCUT2D eigenvalue weighted by atomic mass is 10.2. The molecule has 2 aromatic rings. The van der Waals surface area contributed by atoms with Gasteiger partial charge in [0.1, 0.15) is 0 Å². The van der Waals surface area contributed by atoms with Gasteiger partial charge < -0.3 is 11.1 Å². The van der Waals surface area contributed by atoms with E-state index in [1.807, 2.05) is 32.3 Å². The first kappa shape index (κ1) is 15.3. The van der Waals surface area contributed by atoms with Crippen LogP contribution in [0.25, 0.3) is 0 Å². The molecule has 0 aliphatic carbocycles. The molecular weight excluding hydrogens is 284 g/mol. The molecule has 0 radical (unpaired) electrons. The van der Waals surface area contributed by atoms with E-state index in [4.69, 9.17) is 5.73 Å². The molecule has 0 saturated heterocycles. The van der Waals surface area contributed by atoms with Crippen LogP contribution >= 0.6 is 11.3 Å². The van der Waals surface area contributed by atoms with E-state index in [2.05, 4.69) is 22.3 Å². The second-order valence-corrected chi connectivity index (χ2v) is 5.66. The molecule has 6 heteroatoms. The predicted molar refractivity (Wildman–Crippen MR) is 84.1 cm³/mol. The zero-order valence-electron chi connectivity index (χ0n) is 12.4. The highest BCUT2D eigenvalue weighted by atomic mass is 32.1. The van der Waals surface area contributed by atoms with Crippen LogP contribution in [0.1, 0.15) is 32.2 Å². The number of rotatable bonds is 3. The average Bonchev–Trinajstić information content (AvgIpc) is 2.99. The SMILES string of the molecule is Cc1nn(C)c(C)c1C(=O)NCc1cc(C#CCN)cs1. The standard InChI is InChI=1S/C15H18N4OS/c1-10-14(11(2)19(3)18-10)15(20)17-8-13-7-12(9-21-13)5-4-6-16/h7,9H,6,8,16H2,1-3H3,(H,17,20). The van der Waals surface area contributed by atoms with Gasteiger partial charge in [-0.25, -0.2) is 0 Å². The Labute approximate surface area is 128 Å². The highest BCUT2D eigenvalue weighted by Gasteiger charge is 2.16. The molecule has 5 nitrogen and oxygen atoms in total. The Morgan fingerprint density at radius 1 is 1.52 bits per heavy atom. The number of amides is 1. The van der Waals surface area contributed by atoms with E-state index >= 15 is 0 Å². The van der Waals surface area contributed by atoms with Crippen LogP contribution in [0.2, 0.25) is 0 Å². The van der Waals surface area contributed by atoms with Crippen molar-refractivity contribution >= 4 is 17.2 Å². The van der Waals surface area contributed by atoms with E-state index in [0.717, 1.165) is 21.8 Å². The number of aryl methyl sites for hydroxylation is 2. The van der Waals surface area contributed by atoms with Gasteiger partial charge in [0.15, 0.2) is 0 Å². The summed E-state index contributed by atoms with van der Waals surface area (Å²) in [5, 5.41) is 9.14. The number of nitrogens with two attached hydrogens (primary N) is 1. The minimum absolute atomic E-state index is 0.0962. The third-order valence-corrected chi connectivity index (χ3v) is 4.08. The first-order valence-electron chi connectivity index (χ1n) is 6.57. The number of nitrogens with zero attached hydrogens (tertiary/aromatic N) is 2. The largest absolute Gasteiger partial charge is 0.347 e. The Kier molecular flexibility index (Phi) is 4.78. The number of carbonyl (C=O) groups excluding carboxylic acids is 1. The molecule has 2 aromatic heterocycles. The Morgan fingerprint density at radius 2 is 2.29 bits per heavy atom. The van der Waals surface area contributed by atoms with Gasteiger partial charge in [-0.3, -0.25) is 9.48 Å². The van der Waals surface area contributed by atoms with Crippen LogP contribution in [0, 0.1) is 25.7 Å². The van der Waals surface area contributed by atoms with Crippen molar-refractivity contribution in [1.29, 1.82) is 0 Å². The van der Waals surface area contributed by atoms with Gasteiger partial charge >= 0.3 is 0 Å². The maximum atomic E-state index is 12.2. The summed E-state index contributed by atoms with van der Waals surface area (Å²) in [7, 11) is 1.83. The molecule has 0 atom stereocenters. The molecule has 0 saturated carbocycles. The maximum Gasteiger partial charge on any atom is 0.255 e. The molecule has 0 aromatic carbocycles. The van der Waals surface area contributed by atoms with E-state index < -0.39 is 0 Å². The fraction of sp³-hybridized carbons (Fsp3) is 0.333. The maximum absolute atomic E-state index is 12.2. The van der Waals surface area contributed by atoms with Gasteiger partial charge in [-0.1, -0.05) is 11.8 Å². The number of hydrogen-bond donors (Lipinski definition) is 2. The van der Waals surface area contributed by atoms with Gasteiger partial charge in [0.05, 0.1) is 24.3 Å². The minimum Gasteiger partial charge on any atom is -0.347 e. The second-order valence-electron chi connectivity index (χ2n) is 4.66. The summed E-state index contributed by atoms with van der Waals surface area (Å²) in [5.41, 5.74) is 8.54. The summed E-state index contributed by atoms with van der Waals surface area (Å²) in [6, 6.07) is 1.97. The van der Waals surface area contributed by atoms with Crippen LogP contribution < -0.4 is 11.1 Å². The van der Waals surface area contributed by atoms with Gasteiger partial charge in [-0.2, -0.15) is 5.10 Å². The lowest BCUT2D eigenvalue weighted by Gasteiger charge is -2.04. The minimum atomic E-state index is -0.0962. The van der Waals surface area contributed by atoms with E-state index in [1.165, 1.54) is 0 Å². The third-order valence-electron chi connectivity index (χ3n) is 3.15.